The molecule has 15 heteroatoms. The Balaban J connectivity index is 1.08. The first-order valence-corrected chi connectivity index (χ1v) is 20.7. The Hall–Kier alpha value is -6.84. The van der Waals surface area contributed by atoms with Crippen molar-refractivity contribution in [1.29, 1.82) is 0 Å². The van der Waals surface area contributed by atoms with Crippen LogP contribution in [0.25, 0.3) is 33.2 Å². The summed E-state index contributed by atoms with van der Waals surface area (Å²) in [6.45, 7) is 6.94. The van der Waals surface area contributed by atoms with Gasteiger partial charge < -0.3 is 29.3 Å². The number of nitrogens with zero attached hydrogens (tertiary/aromatic N) is 8. The van der Waals surface area contributed by atoms with Crippen molar-refractivity contribution in [2.45, 2.75) is 58.3 Å². The SMILES string of the molecule is Cc1cc(-n2nc3c(c2N2C=CN(c4ccc5c(cnn5C)c4F)C2O)[C@H](C)N(C(=O)c2cc4cc(C5CCOCC5)ccc4n2-c2cccc(C(=O)O)c2)CC3)cc(C)c1F. The second-order valence-corrected chi connectivity index (χ2v) is 16.4. The number of fused-ring (bicyclic) bond motifs is 3. The Morgan fingerprint density at radius 2 is 1.61 bits per heavy atom. The van der Waals surface area contributed by atoms with Crippen molar-refractivity contribution >= 4 is 45.2 Å². The van der Waals surface area contributed by atoms with Crippen LogP contribution in [-0.2, 0) is 18.2 Å². The minimum atomic E-state index is -1.44. The van der Waals surface area contributed by atoms with Gasteiger partial charge in [-0.1, -0.05) is 12.1 Å². The molecule has 3 aromatic heterocycles. The largest absolute Gasteiger partial charge is 0.478 e. The van der Waals surface area contributed by atoms with Crippen molar-refractivity contribution in [2.24, 2.45) is 7.05 Å². The summed E-state index contributed by atoms with van der Waals surface area (Å²) in [7, 11) is 1.73. The second kappa shape index (κ2) is 15.0. The summed E-state index contributed by atoms with van der Waals surface area (Å²) in [4.78, 5) is 32.2. The lowest BCUT2D eigenvalue weighted by molar-refractivity contribution is 0.0667. The molecule has 10 rings (SSSR count). The van der Waals surface area contributed by atoms with Crippen molar-refractivity contribution in [3.8, 4) is 11.4 Å². The number of carboxylic acids is 1. The molecule has 1 amide bonds. The maximum absolute atomic E-state index is 16.1. The molecular weight excluding hydrogens is 795 g/mol. The maximum Gasteiger partial charge on any atom is 0.335 e. The van der Waals surface area contributed by atoms with Crippen LogP contribution in [0.4, 0.5) is 20.3 Å². The number of aliphatic hydroxyl groups excluding tert-OH is 1. The predicted octanol–water partition coefficient (Wildman–Crippen LogP) is 8.02. The molecule has 0 aliphatic carbocycles. The van der Waals surface area contributed by atoms with Crippen LogP contribution in [0.5, 0.6) is 0 Å². The van der Waals surface area contributed by atoms with E-state index < -0.39 is 24.2 Å². The smallest absolute Gasteiger partial charge is 0.335 e. The van der Waals surface area contributed by atoms with E-state index in [1.165, 1.54) is 17.2 Å². The summed E-state index contributed by atoms with van der Waals surface area (Å²) in [5.41, 5.74) is 6.35. The Kier molecular flexibility index (Phi) is 9.48. The molecule has 1 fully saturated rings. The minimum absolute atomic E-state index is 0.0902. The van der Waals surface area contributed by atoms with E-state index in [9.17, 15) is 15.0 Å². The zero-order valence-corrected chi connectivity index (χ0v) is 34.6. The molecule has 62 heavy (non-hydrogen) atoms. The molecule has 0 spiro atoms. The van der Waals surface area contributed by atoms with E-state index in [0.29, 0.717) is 88.3 Å². The molecule has 0 saturated carbocycles. The van der Waals surface area contributed by atoms with Gasteiger partial charge in [0.2, 0.25) is 6.35 Å². The fourth-order valence-corrected chi connectivity index (χ4v) is 9.48. The average molecular weight is 839 g/mol. The zero-order valence-electron chi connectivity index (χ0n) is 34.6. The lowest BCUT2D eigenvalue weighted by Gasteiger charge is -2.36. The molecule has 4 aromatic carbocycles. The lowest BCUT2D eigenvalue weighted by Crippen LogP contribution is -2.42. The Bertz CT molecular complexity index is 2980. The number of ether oxygens (including phenoxy) is 1. The van der Waals surface area contributed by atoms with Crippen LogP contribution in [0.1, 0.15) is 80.5 Å². The number of carboxylic acid groups (broad SMARTS) is 1. The highest BCUT2D eigenvalue weighted by atomic mass is 19.1. The van der Waals surface area contributed by atoms with E-state index in [1.54, 1.807) is 94.9 Å². The summed E-state index contributed by atoms with van der Waals surface area (Å²) >= 11 is 0. The standard InChI is InChI=1S/C47H44F2N8O5/c1-26-20-34(21-27(2)42(26)48)57-44(55-17-16-54(47(55)61)39-11-10-38-35(43(39)49)25-50-52(38)4)41-28(3)53(15-12-36(41)51-57)45(58)40-24-32-22-30(29-13-18-62-19-14-29)8-9-37(32)56(40)33-7-5-6-31(23-33)46(59)60/h5-11,16-17,20-25,28-29,47,61H,12-15,18-19H2,1-4H3,(H,59,60)/t28-,47?/m0/s1. The van der Waals surface area contributed by atoms with Gasteiger partial charge in [-0.25, -0.2) is 18.3 Å². The molecule has 1 unspecified atom stereocenters. The number of aryl methyl sites for hydroxylation is 3. The predicted molar refractivity (Wildman–Crippen MR) is 230 cm³/mol. The molecule has 1 saturated heterocycles. The van der Waals surface area contributed by atoms with Crippen LogP contribution >= 0.6 is 0 Å². The van der Waals surface area contributed by atoms with E-state index in [1.807, 2.05) is 23.6 Å². The van der Waals surface area contributed by atoms with Crippen molar-refractivity contribution in [3.05, 3.63) is 142 Å². The number of aliphatic hydroxyl groups is 1. The molecule has 3 aliphatic heterocycles. The Labute approximate surface area is 355 Å². The van der Waals surface area contributed by atoms with Crippen molar-refractivity contribution in [1.82, 2.24) is 29.0 Å². The van der Waals surface area contributed by atoms with Crippen LogP contribution in [0.15, 0.2) is 91.4 Å². The number of aromatic carboxylic acids is 1. The third-order valence-electron chi connectivity index (χ3n) is 12.7. The molecule has 7 aromatic rings. The van der Waals surface area contributed by atoms with Gasteiger partial charge in [0.05, 0.1) is 51.3 Å². The highest BCUT2D eigenvalue weighted by molar-refractivity contribution is 6.01. The number of hydrogen-bond acceptors (Lipinski definition) is 8. The average Bonchev–Trinajstić information content (AvgIpc) is 4.06. The van der Waals surface area contributed by atoms with Crippen LogP contribution in [0, 0.1) is 25.5 Å². The minimum Gasteiger partial charge on any atom is -0.478 e. The molecule has 0 radical (unpaired) electrons. The quantitative estimate of drug-likeness (QED) is 0.164. The van der Waals surface area contributed by atoms with Gasteiger partial charge in [-0.15, -0.1) is 0 Å². The first kappa shape index (κ1) is 39.3. The highest BCUT2D eigenvalue weighted by Crippen LogP contribution is 2.43. The number of benzene rings is 4. The molecule has 6 heterocycles. The molecule has 2 N–H and O–H groups in total. The Morgan fingerprint density at radius 3 is 2.37 bits per heavy atom. The summed E-state index contributed by atoms with van der Waals surface area (Å²) < 4.78 is 41.9. The molecule has 3 aliphatic rings. The van der Waals surface area contributed by atoms with Crippen molar-refractivity contribution < 1.29 is 33.3 Å². The van der Waals surface area contributed by atoms with E-state index in [4.69, 9.17) is 9.84 Å². The molecule has 2 atom stereocenters. The van der Waals surface area contributed by atoms with E-state index in [2.05, 4.69) is 17.2 Å². The van der Waals surface area contributed by atoms with Crippen LogP contribution < -0.4 is 9.80 Å². The third kappa shape index (κ3) is 6.25. The number of anilines is 2. The molecule has 316 valence electrons. The lowest BCUT2D eigenvalue weighted by atomic mass is 9.91. The molecule has 0 bridgehead atoms. The van der Waals surface area contributed by atoms with Gasteiger partial charge in [-0.2, -0.15) is 10.2 Å². The normalized spacial score (nSPS) is 18.1. The number of rotatable bonds is 7. The van der Waals surface area contributed by atoms with Gasteiger partial charge >= 0.3 is 5.97 Å². The fraction of sp³-hybridized carbons (Fsp3) is 0.277. The number of aromatic nitrogens is 5. The van der Waals surface area contributed by atoms with Gasteiger partial charge in [-0.05, 0) is 117 Å². The van der Waals surface area contributed by atoms with Crippen molar-refractivity contribution in [2.75, 3.05) is 29.6 Å². The van der Waals surface area contributed by atoms with Gasteiger partial charge in [0.15, 0.2) is 5.82 Å². The van der Waals surface area contributed by atoms with Gasteiger partial charge in [-0.3, -0.25) is 14.4 Å². The highest BCUT2D eigenvalue weighted by Gasteiger charge is 2.40. The summed E-state index contributed by atoms with van der Waals surface area (Å²) in [6.07, 6.45) is 5.39. The van der Waals surface area contributed by atoms with Gasteiger partial charge in [0.25, 0.3) is 5.91 Å². The number of amides is 1. The first-order valence-electron chi connectivity index (χ1n) is 20.7. The van der Waals surface area contributed by atoms with Gasteiger partial charge in [0.1, 0.15) is 17.3 Å². The van der Waals surface area contributed by atoms with Crippen LogP contribution in [0.2, 0.25) is 0 Å². The Morgan fingerprint density at radius 1 is 0.871 bits per heavy atom. The summed E-state index contributed by atoms with van der Waals surface area (Å²) in [5, 5.41) is 32.5. The zero-order chi connectivity index (χ0) is 43.1. The van der Waals surface area contributed by atoms with Crippen LogP contribution in [-0.4, -0.2) is 77.2 Å². The van der Waals surface area contributed by atoms with E-state index in [-0.39, 0.29) is 23.0 Å². The van der Waals surface area contributed by atoms with E-state index in [0.717, 1.165) is 29.3 Å². The van der Waals surface area contributed by atoms with E-state index >= 15 is 13.6 Å². The monoisotopic (exact) mass is 838 g/mol. The first-order chi connectivity index (χ1) is 29.9. The third-order valence-corrected chi connectivity index (χ3v) is 12.7. The second-order valence-electron chi connectivity index (χ2n) is 16.4. The number of halogens is 2. The summed E-state index contributed by atoms with van der Waals surface area (Å²) in [6, 6.07) is 20.7. The van der Waals surface area contributed by atoms with Gasteiger partial charge in [0, 0.05) is 62.3 Å². The topological polar surface area (TPSA) is 134 Å². The molecule has 13 nitrogen and oxygen atoms in total. The fourth-order valence-electron chi connectivity index (χ4n) is 9.48. The van der Waals surface area contributed by atoms with Crippen LogP contribution in [0.3, 0.4) is 0 Å². The number of carbonyl (C=O) groups is 2. The summed E-state index contributed by atoms with van der Waals surface area (Å²) in [5.74, 6) is -1.50. The number of hydrogen-bond donors (Lipinski definition) is 2. The maximum atomic E-state index is 16.1. The number of carbonyl (C=O) groups excluding carboxylic acids is 1. The van der Waals surface area contributed by atoms with Crippen molar-refractivity contribution in [3.63, 3.8) is 0 Å². The molecular formula is C47H44F2N8O5.